The molecule has 1 aliphatic carbocycles. The minimum atomic E-state index is -0.172. The first kappa shape index (κ1) is 12.7. The van der Waals surface area contributed by atoms with Crippen LogP contribution in [0.4, 0.5) is 0 Å². The third kappa shape index (κ3) is 4.02. The molecule has 0 aromatic rings. The topological polar surface area (TPSA) is 63.2 Å². The third-order valence-corrected chi connectivity index (χ3v) is 3.15. The molecular formula is C11H13NO3S. The average molecular weight is 239 g/mol. The Kier molecular flexibility index (Phi) is 4.49. The van der Waals surface area contributed by atoms with E-state index in [9.17, 15) is 14.4 Å². The predicted octanol–water partition coefficient (Wildman–Crippen LogP) is 0.836. The van der Waals surface area contributed by atoms with Crippen molar-refractivity contribution < 1.29 is 14.4 Å². The highest BCUT2D eigenvalue weighted by Crippen LogP contribution is 2.20. The first-order chi connectivity index (χ1) is 7.49. The SMILES string of the molecule is CC(=O)N[C@H](C)CSC1=CC(=O)C=CC1=O. The lowest BCUT2D eigenvalue weighted by Crippen LogP contribution is -2.32. The van der Waals surface area contributed by atoms with E-state index in [1.165, 1.54) is 36.9 Å². The van der Waals surface area contributed by atoms with Crippen LogP contribution in [0.3, 0.4) is 0 Å². The number of carbonyl (C=O) groups is 3. The Labute approximate surface area is 98.2 Å². The van der Waals surface area contributed by atoms with Crippen molar-refractivity contribution in [2.45, 2.75) is 19.9 Å². The molecule has 0 aromatic heterocycles. The molecule has 0 unspecified atom stereocenters. The van der Waals surface area contributed by atoms with Crippen LogP contribution in [0.5, 0.6) is 0 Å². The number of amides is 1. The first-order valence-corrected chi connectivity index (χ1v) is 5.85. The predicted molar refractivity (Wildman–Crippen MR) is 63.0 cm³/mol. The summed E-state index contributed by atoms with van der Waals surface area (Å²) in [6.45, 7) is 3.29. The molecule has 1 atom stereocenters. The van der Waals surface area contributed by atoms with E-state index in [0.29, 0.717) is 10.7 Å². The molecule has 86 valence electrons. The highest BCUT2D eigenvalue weighted by Gasteiger charge is 2.15. The van der Waals surface area contributed by atoms with E-state index in [1.54, 1.807) is 0 Å². The van der Waals surface area contributed by atoms with Gasteiger partial charge >= 0.3 is 0 Å². The fourth-order valence-electron chi connectivity index (χ4n) is 1.20. The standard InChI is InChI=1S/C11H13NO3S/c1-7(12-8(2)13)6-16-11-5-9(14)3-4-10(11)15/h3-5,7H,6H2,1-2H3,(H,12,13)/t7-/m1/s1. The summed E-state index contributed by atoms with van der Waals surface area (Å²) in [7, 11) is 0. The number of hydrogen-bond acceptors (Lipinski definition) is 4. The molecule has 0 aromatic carbocycles. The number of thioether (sulfide) groups is 1. The van der Waals surface area contributed by atoms with Gasteiger partial charge in [-0.1, -0.05) is 0 Å². The van der Waals surface area contributed by atoms with E-state index in [-0.39, 0.29) is 23.5 Å². The maximum Gasteiger partial charge on any atom is 0.217 e. The molecule has 1 aliphatic rings. The Morgan fingerprint density at radius 1 is 1.44 bits per heavy atom. The van der Waals surface area contributed by atoms with Crippen LogP contribution in [0.2, 0.25) is 0 Å². The zero-order valence-corrected chi connectivity index (χ0v) is 9.97. The maximum absolute atomic E-state index is 11.4. The van der Waals surface area contributed by atoms with Crippen LogP contribution in [-0.4, -0.2) is 29.3 Å². The second-order valence-electron chi connectivity index (χ2n) is 3.52. The molecule has 1 amide bonds. The van der Waals surface area contributed by atoms with Crippen LogP contribution in [-0.2, 0) is 14.4 Å². The summed E-state index contributed by atoms with van der Waals surface area (Å²) < 4.78 is 0. The summed E-state index contributed by atoms with van der Waals surface area (Å²) in [5.74, 6) is 0.139. The largest absolute Gasteiger partial charge is 0.353 e. The van der Waals surface area contributed by atoms with Crippen LogP contribution in [0.1, 0.15) is 13.8 Å². The monoisotopic (exact) mass is 239 g/mol. The minimum absolute atomic E-state index is 0.0304. The lowest BCUT2D eigenvalue weighted by molar-refractivity contribution is -0.119. The Bertz CT molecular complexity index is 385. The van der Waals surface area contributed by atoms with Crippen LogP contribution < -0.4 is 5.32 Å². The van der Waals surface area contributed by atoms with Gasteiger partial charge in [-0.05, 0) is 19.1 Å². The maximum atomic E-state index is 11.4. The fourth-order valence-corrected chi connectivity index (χ4v) is 2.13. The zero-order chi connectivity index (χ0) is 12.1. The Morgan fingerprint density at radius 2 is 2.12 bits per heavy atom. The van der Waals surface area contributed by atoms with Gasteiger partial charge in [0.25, 0.3) is 0 Å². The summed E-state index contributed by atoms with van der Waals surface area (Å²) in [5, 5.41) is 2.71. The lowest BCUT2D eigenvalue weighted by atomic mass is 10.2. The number of carbonyl (C=O) groups excluding carboxylic acids is 3. The summed E-state index contributed by atoms with van der Waals surface area (Å²) in [6.07, 6.45) is 3.85. The molecule has 0 bridgehead atoms. The number of ketones is 2. The van der Waals surface area contributed by atoms with Gasteiger partial charge in [0, 0.05) is 24.8 Å². The van der Waals surface area contributed by atoms with E-state index >= 15 is 0 Å². The van der Waals surface area contributed by atoms with Crippen molar-refractivity contribution in [3.63, 3.8) is 0 Å². The molecule has 0 fully saturated rings. The molecule has 16 heavy (non-hydrogen) atoms. The normalized spacial score (nSPS) is 17.0. The van der Waals surface area contributed by atoms with Gasteiger partial charge in [-0.15, -0.1) is 11.8 Å². The van der Waals surface area contributed by atoms with E-state index in [0.717, 1.165) is 0 Å². The summed E-state index contributed by atoms with van der Waals surface area (Å²) >= 11 is 1.28. The molecule has 5 heteroatoms. The Morgan fingerprint density at radius 3 is 2.75 bits per heavy atom. The number of nitrogens with one attached hydrogen (secondary N) is 1. The van der Waals surface area contributed by atoms with Gasteiger partial charge in [-0.25, -0.2) is 0 Å². The van der Waals surface area contributed by atoms with Crippen molar-refractivity contribution in [1.82, 2.24) is 5.32 Å². The van der Waals surface area contributed by atoms with Crippen molar-refractivity contribution in [1.29, 1.82) is 0 Å². The molecular weight excluding hydrogens is 226 g/mol. The van der Waals surface area contributed by atoms with Crippen LogP contribution in [0.15, 0.2) is 23.1 Å². The van der Waals surface area contributed by atoms with Crippen LogP contribution in [0, 0.1) is 0 Å². The van der Waals surface area contributed by atoms with Gasteiger partial charge in [0.15, 0.2) is 11.6 Å². The van der Waals surface area contributed by atoms with Crippen molar-refractivity contribution in [2.75, 3.05) is 5.75 Å². The summed E-state index contributed by atoms with van der Waals surface area (Å²) in [6, 6.07) is -0.0304. The van der Waals surface area contributed by atoms with E-state index < -0.39 is 0 Å². The second-order valence-corrected chi connectivity index (χ2v) is 4.58. The molecule has 0 heterocycles. The van der Waals surface area contributed by atoms with Crippen molar-refractivity contribution in [3.05, 3.63) is 23.1 Å². The molecule has 0 saturated heterocycles. The third-order valence-electron chi connectivity index (χ3n) is 1.85. The Hall–Kier alpha value is -1.36. The van der Waals surface area contributed by atoms with Crippen molar-refractivity contribution >= 4 is 29.2 Å². The molecule has 0 saturated carbocycles. The van der Waals surface area contributed by atoms with Gasteiger partial charge < -0.3 is 5.32 Å². The van der Waals surface area contributed by atoms with E-state index in [1.807, 2.05) is 6.92 Å². The van der Waals surface area contributed by atoms with Gasteiger partial charge in [-0.2, -0.15) is 0 Å². The highest BCUT2D eigenvalue weighted by molar-refractivity contribution is 8.04. The average Bonchev–Trinajstić information content (AvgIpc) is 2.18. The Balaban J connectivity index is 2.46. The van der Waals surface area contributed by atoms with E-state index in [4.69, 9.17) is 0 Å². The number of hydrogen-bond donors (Lipinski definition) is 1. The quantitative estimate of drug-likeness (QED) is 0.738. The molecule has 0 aliphatic heterocycles. The van der Waals surface area contributed by atoms with Crippen LogP contribution >= 0.6 is 11.8 Å². The summed E-state index contributed by atoms with van der Waals surface area (Å²) in [5.41, 5.74) is 0. The summed E-state index contributed by atoms with van der Waals surface area (Å²) in [4.78, 5) is 33.6. The minimum Gasteiger partial charge on any atom is -0.353 e. The van der Waals surface area contributed by atoms with Crippen molar-refractivity contribution in [3.8, 4) is 0 Å². The molecule has 4 nitrogen and oxygen atoms in total. The molecule has 0 radical (unpaired) electrons. The number of rotatable bonds is 4. The van der Waals surface area contributed by atoms with Gasteiger partial charge in [0.1, 0.15) is 0 Å². The van der Waals surface area contributed by atoms with Gasteiger partial charge in [0.05, 0.1) is 4.91 Å². The lowest BCUT2D eigenvalue weighted by Gasteiger charge is -2.13. The van der Waals surface area contributed by atoms with E-state index in [2.05, 4.69) is 5.32 Å². The first-order valence-electron chi connectivity index (χ1n) is 4.87. The second kappa shape index (κ2) is 5.65. The van der Waals surface area contributed by atoms with Crippen molar-refractivity contribution in [2.24, 2.45) is 0 Å². The van der Waals surface area contributed by atoms with Gasteiger partial charge in [0.2, 0.25) is 5.91 Å². The fraction of sp³-hybridized carbons (Fsp3) is 0.364. The molecule has 1 N–H and O–H groups in total. The molecule has 1 rings (SSSR count). The number of allylic oxidation sites excluding steroid dienone is 4. The zero-order valence-electron chi connectivity index (χ0n) is 9.15. The van der Waals surface area contributed by atoms with Crippen LogP contribution in [0.25, 0.3) is 0 Å². The highest BCUT2D eigenvalue weighted by atomic mass is 32.2. The van der Waals surface area contributed by atoms with Gasteiger partial charge in [-0.3, -0.25) is 14.4 Å². The molecule has 0 spiro atoms. The smallest absolute Gasteiger partial charge is 0.217 e.